The van der Waals surface area contributed by atoms with Crippen LogP contribution in [0.3, 0.4) is 0 Å². The summed E-state index contributed by atoms with van der Waals surface area (Å²) in [6.45, 7) is 0. The fourth-order valence-corrected chi connectivity index (χ4v) is 11.2. The predicted molar refractivity (Wildman–Crippen MR) is 300 cm³/mol. The first-order valence-corrected chi connectivity index (χ1v) is 24.2. The molecule has 70 heavy (non-hydrogen) atoms. The smallest absolute Gasteiger partial charge is 0.0546 e. The van der Waals surface area contributed by atoms with Gasteiger partial charge in [0.05, 0.1) is 11.4 Å². The Morgan fingerprint density at radius 1 is 0.200 bits per heavy atom. The van der Waals surface area contributed by atoms with E-state index in [1.54, 1.807) is 0 Å². The summed E-state index contributed by atoms with van der Waals surface area (Å²) in [5.41, 5.74) is 11.4. The van der Waals surface area contributed by atoms with E-state index in [1.165, 1.54) is 97.7 Å². The molecule has 0 radical (unpaired) electrons. The molecule has 14 aromatic carbocycles. The molecule has 0 heterocycles. The highest BCUT2D eigenvalue weighted by molar-refractivity contribution is 6.32. The summed E-state index contributed by atoms with van der Waals surface area (Å²) in [5, 5.41) is 17.0. The molecule has 0 aliphatic carbocycles. The van der Waals surface area contributed by atoms with Crippen LogP contribution in [0, 0.1) is 0 Å². The molecule has 2 nitrogen and oxygen atoms in total. The lowest BCUT2D eigenvalue weighted by Crippen LogP contribution is -2.12. The monoisotopic (exact) mass is 888 g/mol. The van der Waals surface area contributed by atoms with Crippen LogP contribution >= 0.6 is 0 Å². The third-order valence-electron chi connectivity index (χ3n) is 14.5. The SMILES string of the molecule is c1ccc(N(c2ccc3ccccc3c2)c2cc(-c3ccc4ccccc4c3)c3ccc4c(N(c5ccccc5)c5ccc6ccccc6c5)cc(-c5ccc6ccccc6c5)c5ccc2c3c54)cc1. The topological polar surface area (TPSA) is 6.48 Å². The lowest BCUT2D eigenvalue weighted by molar-refractivity contribution is 1.30. The van der Waals surface area contributed by atoms with Gasteiger partial charge < -0.3 is 9.80 Å². The van der Waals surface area contributed by atoms with Crippen LogP contribution in [0.1, 0.15) is 0 Å². The summed E-state index contributed by atoms with van der Waals surface area (Å²) in [4.78, 5) is 4.94. The highest BCUT2D eigenvalue weighted by Gasteiger charge is 2.26. The van der Waals surface area contributed by atoms with E-state index >= 15 is 0 Å². The number of fused-ring (bicyclic) bond motifs is 4. The molecule has 0 aliphatic rings. The number of anilines is 6. The van der Waals surface area contributed by atoms with Crippen molar-refractivity contribution in [2.75, 3.05) is 9.80 Å². The van der Waals surface area contributed by atoms with Crippen molar-refractivity contribution in [3.8, 4) is 22.3 Å². The summed E-state index contributed by atoms with van der Waals surface area (Å²) >= 11 is 0. The summed E-state index contributed by atoms with van der Waals surface area (Å²) in [5.74, 6) is 0. The Bertz CT molecular complexity index is 4030. The molecule has 0 saturated carbocycles. The fraction of sp³-hybridized carbons (Fsp3) is 0. The number of hydrogen-bond donors (Lipinski definition) is 0. The van der Waals surface area contributed by atoms with E-state index in [4.69, 9.17) is 0 Å². The minimum absolute atomic E-state index is 1.10. The molecule has 0 saturated heterocycles. The Hall–Kier alpha value is -9.24. The molecule has 326 valence electrons. The molecule has 0 spiro atoms. The minimum atomic E-state index is 1.10. The fourth-order valence-electron chi connectivity index (χ4n) is 11.2. The Labute approximate surface area is 406 Å². The van der Waals surface area contributed by atoms with Crippen molar-refractivity contribution in [1.82, 2.24) is 0 Å². The van der Waals surface area contributed by atoms with Crippen LogP contribution in [0.2, 0.25) is 0 Å². The van der Waals surface area contributed by atoms with Crippen molar-refractivity contribution >= 4 is 110 Å². The maximum absolute atomic E-state index is 2.47. The van der Waals surface area contributed by atoms with Gasteiger partial charge >= 0.3 is 0 Å². The van der Waals surface area contributed by atoms with E-state index < -0.39 is 0 Å². The predicted octanol–water partition coefficient (Wildman–Crippen LogP) is 19.5. The molecule has 0 aliphatic heterocycles. The number of para-hydroxylation sites is 2. The van der Waals surface area contributed by atoms with Gasteiger partial charge in [-0.3, -0.25) is 0 Å². The molecule has 2 heteroatoms. The Morgan fingerprint density at radius 2 is 0.514 bits per heavy atom. The van der Waals surface area contributed by atoms with Gasteiger partial charge in [0, 0.05) is 44.3 Å². The van der Waals surface area contributed by atoms with Gasteiger partial charge in [-0.15, -0.1) is 0 Å². The third kappa shape index (κ3) is 6.57. The molecule has 0 unspecified atom stereocenters. The van der Waals surface area contributed by atoms with Gasteiger partial charge in [-0.25, -0.2) is 0 Å². The van der Waals surface area contributed by atoms with E-state index in [0.29, 0.717) is 0 Å². The van der Waals surface area contributed by atoms with Gasteiger partial charge in [0.15, 0.2) is 0 Å². The van der Waals surface area contributed by atoms with E-state index in [9.17, 15) is 0 Å². The number of benzene rings is 14. The molecule has 14 rings (SSSR count). The van der Waals surface area contributed by atoms with Crippen LogP contribution in [0.4, 0.5) is 34.1 Å². The number of nitrogens with zero attached hydrogens (tertiary/aromatic N) is 2. The third-order valence-corrected chi connectivity index (χ3v) is 14.5. The summed E-state index contributed by atoms with van der Waals surface area (Å²) in [7, 11) is 0. The lowest BCUT2D eigenvalue weighted by Gasteiger charge is -2.31. The van der Waals surface area contributed by atoms with Crippen LogP contribution in [-0.2, 0) is 0 Å². The van der Waals surface area contributed by atoms with E-state index in [-0.39, 0.29) is 0 Å². The number of hydrogen-bond acceptors (Lipinski definition) is 2. The van der Waals surface area contributed by atoms with Gasteiger partial charge in [0.1, 0.15) is 0 Å². The molecule has 0 amide bonds. The van der Waals surface area contributed by atoms with Crippen molar-refractivity contribution in [3.05, 3.63) is 267 Å². The molecular formula is C68H44N2. The zero-order chi connectivity index (χ0) is 46.1. The average Bonchev–Trinajstić information content (AvgIpc) is 3.43. The Kier molecular flexibility index (Phi) is 9.25. The average molecular weight is 889 g/mol. The molecule has 0 atom stereocenters. The van der Waals surface area contributed by atoms with Gasteiger partial charge in [-0.2, -0.15) is 0 Å². The normalized spacial score (nSPS) is 11.7. The second-order valence-corrected chi connectivity index (χ2v) is 18.5. The molecule has 0 aromatic heterocycles. The standard InChI is InChI=1S/C68H44N2/c1-3-23-55(24-4-1)69(57-33-31-47-17-9-13-21-51(47)41-57)65-43-63(53-29-27-45-15-7-11-19-49(45)39-53)59-36-38-62-66(70(56-25-5-2-6-26-56)58-34-32-48-18-10-14-22-52(48)42-58)44-64(60-35-37-61(65)67(59)68(60)62)54-30-28-46-16-8-12-20-50(46)40-54/h1-44H. The van der Waals surface area contributed by atoms with Gasteiger partial charge in [-0.1, -0.05) is 194 Å². The zero-order valence-electron chi connectivity index (χ0n) is 38.3. The highest BCUT2D eigenvalue weighted by Crippen LogP contribution is 2.52. The van der Waals surface area contributed by atoms with E-state index in [1.807, 2.05) is 0 Å². The Balaban J connectivity index is 1.14. The molecule has 0 fully saturated rings. The van der Waals surface area contributed by atoms with Crippen molar-refractivity contribution in [2.45, 2.75) is 0 Å². The van der Waals surface area contributed by atoms with Crippen molar-refractivity contribution in [3.63, 3.8) is 0 Å². The van der Waals surface area contributed by atoms with Gasteiger partial charge in [0.25, 0.3) is 0 Å². The second-order valence-electron chi connectivity index (χ2n) is 18.5. The summed E-state index contributed by atoms with van der Waals surface area (Å²) < 4.78 is 0. The molecule has 0 bridgehead atoms. The maximum atomic E-state index is 2.47. The van der Waals surface area contributed by atoms with Gasteiger partial charge in [0.2, 0.25) is 0 Å². The summed E-state index contributed by atoms with van der Waals surface area (Å²) in [6, 6.07) is 98.6. The van der Waals surface area contributed by atoms with Crippen LogP contribution < -0.4 is 9.80 Å². The lowest BCUT2D eigenvalue weighted by atomic mass is 9.84. The van der Waals surface area contributed by atoms with Crippen LogP contribution in [0.5, 0.6) is 0 Å². The quantitative estimate of drug-likeness (QED) is 0.140. The minimum Gasteiger partial charge on any atom is -0.310 e. The van der Waals surface area contributed by atoms with Crippen molar-refractivity contribution in [1.29, 1.82) is 0 Å². The van der Waals surface area contributed by atoms with Crippen molar-refractivity contribution < 1.29 is 0 Å². The van der Waals surface area contributed by atoms with E-state index in [0.717, 1.165) is 34.1 Å². The van der Waals surface area contributed by atoms with E-state index in [2.05, 4.69) is 277 Å². The number of rotatable bonds is 8. The highest BCUT2D eigenvalue weighted by atomic mass is 15.1. The first-order valence-electron chi connectivity index (χ1n) is 24.2. The first-order chi connectivity index (χ1) is 34.7. The zero-order valence-corrected chi connectivity index (χ0v) is 38.3. The molecule has 0 N–H and O–H groups in total. The summed E-state index contributed by atoms with van der Waals surface area (Å²) in [6.07, 6.45) is 0. The van der Waals surface area contributed by atoms with Crippen LogP contribution in [0.25, 0.3) is 97.7 Å². The molecular weight excluding hydrogens is 845 g/mol. The van der Waals surface area contributed by atoms with Crippen molar-refractivity contribution in [2.24, 2.45) is 0 Å². The van der Waals surface area contributed by atoms with Crippen LogP contribution in [-0.4, -0.2) is 0 Å². The largest absolute Gasteiger partial charge is 0.310 e. The maximum Gasteiger partial charge on any atom is 0.0546 e. The Morgan fingerprint density at radius 3 is 0.900 bits per heavy atom. The van der Waals surface area contributed by atoms with Gasteiger partial charge in [-0.05, 0) is 149 Å². The first kappa shape index (κ1) is 39.9. The molecule has 14 aromatic rings. The van der Waals surface area contributed by atoms with Crippen LogP contribution in [0.15, 0.2) is 267 Å². The second kappa shape index (κ2) is 16.2.